The molecule has 2 fully saturated rings. The second-order valence-electron chi connectivity index (χ2n) is 7.44. The van der Waals surface area contributed by atoms with E-state index in [1.807, 2.05) is 23.1 Å². The average Bonchev–Trinajstić information content (AvgIpc) is 3.02. The molecule has 29 heavy (non-hydrogen) atoms. The summed E-state index contributed by atoms with van der Waals surface area (Å²) in [7, 11) is 0. The van der Waals surface area contributed by atoms with Gasteiger partial charge in [0.05, 0.1) is 10.2 Å². The topological polar surface area (TPSA) is 41.9 Å². The molecule has 0 amide bonds. The SMILES string of the molecule is Cc1c(N2C[C@@H]3[C@@H](CSc4nc5ccccc5s4)[C@@H]3C2)nc(Cl)nc1C(F)(F)F. The number of thiazole rings is 1. The second kappa shape index (κ2) is 6.99. The summed E-state index contributed by atoms with van der Waals surface area (Å²) in [5.41, 5.74) is 0.123. The van der Waals surface area contributed by atoms with Gasteiger partial charge in [0.1, 0.15) is 5.82 Å². The van der Waals surface area contributed by atoms with E-state index in [0.717, 1.165) is 15.6 Å². The lowest BCUT2D eigenvalue weighted by Gasteiger charge is -2.24. The summed E-state index contributed by atoms with van der Waals surface area (Å²) in [4.78, 5) is 14.1. The molecule has 1 aliphatic heterocycles. The van der Waals surface area contributed by atoms with Crippen molar-refractivity contribution >= 4 is 50.7 Å². The van der Waals surface area contributed by atoms with Gasteiger partial charge in [0.15, 0.2) is 10.0 Å². The van der Waals surface area contributed by atoms with Gasteiger partial charge in [0.25, 0.3) is 0 Å². The van der Waals surface area contributed by atoms with Gasteiger partial charge in [0, 0.05) is 24.4 Å². The Bertz CT molecular complexity index is 1040. The number of hydrogen-bond acceptors (Lipinski definition) is 6. The quantitative estimate of drug-likeness (QED) is 0.381. The number of hydrogen-bond donors (Lipinski definition) is 0. The molecule has 1 aliphatic carbocycles. The third kappa shape index (κ3) is 3.57. The van der Waals surface area contributed by atoms with Crippen molar-refractivity contribution < 1.29 is 13.2 Å². The Balaban J connectivity index is 1.24. The van der Waals surface area contributed by atoms with Gasteiger partial charge in [-0.1, -0.05) is 23.9 Å². The third-order valence-electron chi connectivity index (χ3n) is 5.71. The van der Waals surface area contributed by atoms with Gasteiger partial charge in [-0.15, -0.1) is 11.3 Å². The first kappa shape index (κ1) is 19.4. The van der Waals surface area contributed by atoms with Crippen LogP contribution in [0.5, 0.6) is 0 Å². The molecule has 1 aromatic carbocycles. The van der Waals surface area contributed by atoms with E-state index >= 15 is 0 Å². The number of rotatable bonds is 4. The van der Waals surface area contributed by atoms with E-state index in [9.17, 15) is 13.2 Å². The van der Waals surface area contributed by atoms with E-state index in [4.69, 9.17) is 11.6 Å². The number of anilines is 1. The zero-order valence-electron chi connectivity index (χ0n) is 15.3. The Morgan fingerprint density at radius 2 is 1.90 bits per heavy atom. The van der Waals surface area contributed by atoms with Crippen LogP contribution in [0.15, 0.2) is 28.6 Å². The lowest BCUT2D eigenvalue weighted by Crippen LogP contribution is -2.27. The van der Waals surface area contributed by atoms with Crippen LogP contribution in [0.2, 0.25) is 5.28 Å². The van der Waals surface area contributed by atoms with E-state index in [1.165, 1.54) is 11.6 Å². The van der Waals surface area contributed by atoms with Crippen LogP contribution in [-0.4, -0.2) is 33.8 Å². The number of piperidine rings is 1. The standard InChI is InChI=1S/C19H16ClF3N4S2/c1-9-15(19(21,22)23)25-17(20)26-16(9)27-6-10-11(7-27)12(10)8-28-18-24-13-4-2-3-5-14(13)29-18/h2-5,10-12H,6-8H2,1H3/t10-,11+,12+. The van der Waals surface area contributed by atoms with Crippen molar-refractivity contribution in [2.45, 2.75) is 17.4 Å². The predicted octanol–water partition coefficient (Wildman–Crippen LogP) is 5.54. The zero-order chi connectivity index (χ0) is 20.3. The molecular formula is C19H16ClF3N4S2. The fourth-order valence-electron chi connectivity index (χ4n) is 4.21. The van der Waals surface area contributed by atoms with Crippen molar-refractivity contribution in [3.05, 3.63) is 40.8 Å². The largest absolute Gasteiger partial charge is 0.433 e. The lowest BCUT2D eigenvalue weighted by molar-refractivity contribution is -0.141. The summed E-state index contributed by atoms with van der Waals surface area (Å²) >= 11 is 9.25. The number of alkyl halides is 3. The maximum Gasteiger partial charge on any atom is 0.433 e. The number of fused-ring (bicyclic) bond motifs is 2. The van der Waals surface area contributed by atoms with Crippen molar-refractivity contribution in [2.24, 2.45) is 17.8 Å². The van der Waals surface area contributed by atoms with Crippen LogP contribution >= 0.6 is 34.7 Å². The molecule has 1 saturated carbocycles. The molecule has 10 heteroatoms. The van der Waals surface area contributed by atoms with Gasteiger partial charge < -0.3 is 4.90 Å². The molecule has 2 aromatic heterocycles. The molecule has 152 valence electrons. The average molecular weight is 457 g/mol. The number of halogens is 4. The molecule has 0 unspecified atom stereocenters. The molecule has 0 N–H and O–H groups in total. The molecular weight excluding hydrogens is 441 g/mol. The first-order valence-electron chi connectivity index (χ1n) is 9.16. The van der Waals surface area contributed by atoms with E-state index in [2.05, 4.69) is 21.0 Å². The maximum atomic E-state index is 13.2. The normalized spacial score (nSPS) is 23.6. The molecule has 5 rings (SSSR count). The van der Waals surface area contributed by atoms with E-state index in [1.54, 1.807) is 23.1 Å². The lowest BCUT2D eigenvalue weighted by atomic mass is 10.2. The minimum atomic E-state index is -4.54. The van der Waals surface area contributed by atoms with E-state index < -0.39 is 11.9 Å². The Labute approximate surface area is 178 Å². The van der Waals surface area contributed by atoms with Crippen molar-refractivity contribution in [1.82, 2.24) is 15.0 Å². The first-order chi connectivity index (χ1) is 13.8. The fraction of sp³-hybridized carbons (Fsp3) is 0.421. The van der Waals surface area contributed by atoms with Gasteiger partial charge >= 0.3 is 6.18 Å². The monoisotopic (exact) mass is 456 g/mol. The Morgan fingerprint density at radius 3 is 2.59 bits per heavy atom. The minimum Gasteiger partial charge on any atom is -0.356 e. The minimum absolute atomic E-state index is 0.0450. The van der Waals surface area contributed by atoms with Crippen LogP contribution in [0.3, 0.4) is 0 Å². The highest BCUT2D eigenvalue weighted by Gasteiger charge is 2.56. The zero-order valence-corrected chi connectivity index (χ0v) is 17.7. The van der Waals surface area contributed by atoms with Gasteiger partial charge in [-0.25, -0.2) is 15.0 Å². The molecule has 3 atom stereocenters. The van der Waals surface area contributed by atoms with Crippen LogP contribution in [0.25, 0.3) is 10.2 Å². The van der Waals surface area contributed by atoms with E-state index in [-0.39, 0.29) is 10.8 Å². The number of aromatic nitrogens is 3. The first-order valence-corrected chi connectivity index (χ1v) is 11.3. The Kier molecular flexibility index (Phi) is 4.67. The summed E-state index contributed by atoms with van der Waals surface area (Å²) in [6.45, 7) is 2.83. The fourth-order valence-corrected chi connectivity index (χ4v) is 6.78. The van der Waals surface area contributed by atoms with Gasteiger partial charge in [-0.3, -0.25) is 0 Å². The van der Waals surface area contributed by atoms with Crippen LogP contribution in [-0.2, 0) is 6.18 Å². The Morgan fingerprint density at radius 1 is 1.17 bits per heavy atom. The van der Waals surface area contributed by atoms with Crippen molar-refractivity contribution in [2.75, 3.05) is 23.7 Å². The Hall–Kier alpha value is -1.58. The molecule has 0 bridgehead atoms. The molecule has 3 aromatic rings. The molecule has 0 radical (unpaired) electrons. The number of benzene rings is 1. The molecule has 1 saturated heterocycles. The van der Waals surface area contributed by atoms with Crippen molar-refractivity contribution in [3.63, 3.8) is 0 Å². The summed E-state index contributed by atoms with van der Waals surface area (Å²) < 4.78 is 41.9. The van der Waals surface area contributed by atoms with E-state index in [0.29, 0.717) is 36.7 Å². The summed E-state index contributed by atoms with van der Waals surface area (Å²) in [5.74, 6) is 2.84. The predicted molar refractivity (Wildman–Crippen MR) is 110 cm³/mol. The highest BCUT2D eigenvalue weighted by atomic mass is 35.5. The molecule has 4 nitrogen and oxygen atoms in total. The van der Waals surface area contributed by atoms with Crippen molar-refractivity contribution in [1.29, 1.82) is 0 Å². The number of thioether (sulfide) groups is 1. The van der Waals surface area contributed by atoms with Crippen LogP contribution < -0.4 is 4.90 Å². The molecule has 0 spiro atoms. The highest BCUT2D eigenvalue weighted by molar-refractivity contribution is 8.01. The third-order valence-corrected chi connectivity index (χ3v) is 8.20. The van der Waals surface area contributed by atoms with Crippen LogP contribution in [0.4, 0.5) is 19.0 Å². The maximum absolute atomic E-state index is 13.2. The van der Waals surface area contributed by atoms with Gasteiger partial charge in [-0.05, 0) is 48.4 Å². The van der Waals surface area contributed by atoms with Crippen LogP contribution in [0.1, 0.15) is 11.3 Å². The number of para-hydroxylation sites is 1. The summed E-state index contributed by atoms with van der Waals surface area (Å²) in [6.07, 6.45) is -4.54. The smallest absolute Gasteiger partial charge is 0.356 e. The van der Waals surface area contributed by atoms with Gasteiger partial charge in [0.2, 0.25) is 5.28 Å². The second-order valence-corrected chi connectivity index (χ2v) is 10.1. The molecule has 2 aliphatic rings. The molecule has 3 heterocycles. The highest BCUT2D eigenvalue weighted by Crippen LogP contribution is 2.55. The van der Waals surface area contributed by atoms with Gasteiger partial charge in [-0.2, -0.15) is 13.2 Å². The number of nitrogens with zero attached hydrogens (tertiary/aromatic N) is 4. The van der Waals surface area contributed by atoms with Crippen molar-refractivity contribution in [3.8, 4) is 0 Å². The summed E-state index contributed by atoms with van der Waals surface area (Å²) in [6, 6.07) is 8.09. The summed E-state index contributed by atoms with van der Waals surface area (Å²) in [5, 5.41) is -0.360. The van der Waals surface area contributed by atoms with Crippen LogP contribution in [0, 0.1) is 24.7 Å².